The maximum atomic E-state index is 12.7. The lowest BCUT2D eigenvalue weighted by molar-refractivity contribution is -0.908. The van der Waals surface area contributed by atoms with Crippen molar-refractivity contribution >= 4 is 29.3 Å². The van der Waals surface area contributed by atoms with Gasteiger partial charge in [-0.1, -0.05) is 24.3 Å². The molecule has 2 amide bonds. The second kappa shape index (κ2) is 10.3. The third-order valence-electron chi connectivity index (χ3n) is 5.95. The van der Waals surface area contributed by atoms with E-state index in [9.17, 15) is 9.59 Å². The Morgan fingerprint density at radius 1 is 1.19 bits per heavy atom. The van der Waals surface area contributed by atoms with Gasteiger partial charge in [-0.2, -0.15) is 0 Å². The van der Waals surface area contributed by atoms with Gasteiger partial charge in [0.25, 0.3) is 5.91 Å². The molecular formula is C24H30N3O3S+. The van der Waals surface area contributed by atoms with Gasteiger partial charge in [-0.3, -0.25) is 9.59 Å². The molecule has 31 heavy (non-hydrogen) atoms. The molecule has 4 rings (SSSR count). The predicted octanol–water partition coefficient (Wildman–Crippen LogP) is 1.67. The van der Waals surface area contributed by atoms with E-state index in [4.69, 9.17) is 4.74 Å². The van der Waals surface area contributed by atoms with Crippen LogP contribution in [-0.4, -0.2) is 57.0 Å². The molecule has 2 aliphatic heterocycles. The number of carbonyl (C=O) groups excluding carboxylic acids is 2. The smallest absolute Gasteiger partial charge is 0.251 e. The predicted molar refractivity (Wildman–Crippen MR) is 123 cm³/mol. The Morgan fingerprint density at radius 2 is 2.00 bits per heavy atom. The van der Waals surface area contributed by atoms with Crippen LogP contribution in [0.2, 0.25) is 0 Å². The number of nitrogens with one attached hydrogen (secondary N) is 2. The van der Waals surface area contributed by atoms with Crippen LogP contribution in [0.1, 0.15) is 27.9 Å². The van der Waals surface area contributed by atoms with Crippen molar-refractivity contribution < 1.29 is 19.2 Å². The molecule has 164 valence electrons. The van der Waals surface area contributed by atoms with Crippen LogP contribution < -0.4 is 15.1 Å². The molecule has 0 atom stereocenters. The number of rotatable bonds is 7. The van der Waals surface area contributed by atoms with E-state index in [0.717, 1.165) is 61.0 Å². The highest BCUT2D eigenvalue weighted by Crippen LogP contribution is 2.37. The van der Waals surface area contributed by atoms with Crippen LogP contribution >= 0.6 is 11.8 Å². The van der Waals surface area contributed by atoms with Crippen LogP contribution in [0.4, 0.5) is 5.69 Å². The zero-order chi connectivity index (χ0) is 21.6. The normalized spacial score (nSPS) is 16.8. The number of carbonyl (C=O) groups is 2. The molecule has 0 bridgehead atoms. The Hall–Kier alpha value is -2.35. The summed E-state index contributed by atoms with van der Waals surface area (Å²) in [6, 6.07) is 13.8. The molecule has 2 aliphatic rings. The summed E-state index contributed by atoms with van der Waals surface area (Å²) in [5.41, 5.74) is 3.71. The summed E-state index contributed by atoms with van der Waals surface area (Å²) in [4.78, 5) is 29.8. The number of quaternary nitrogens is 1. The number of fused-ring (bicyclic) bond motifs is 1. The van der Waals surface area contributed by atoms with Crippen LogP contribution in [0, 0.1) is 6.92 Å². The molecule has 0 saturated carbocycles. The van der Waals surface area contributed by atoms with E-state index in [0.29, 0.717) is 24.4 Å². The van der Waals surface area contributed by atoms with E-state index in [2.05, 4.69) is 24.4 Å². The first kappa shape index (κ1) is 21.9. The summed E-state index contributed by atoms with van der Waals surface area (Å²) < 4.78 is 5.39. The average molecular weight is 441 g/mol. The van der Waals surface area contributed by atoms with Crippen LogP contribution in [0.5, 0.6) is 0 Å². The van der Waals surface area contributed by atoms with Crippen molar-refractivity contribution in [1.82, 2.24) is 5.32 Å². The first-order valence-electron chi connectivity index (χ1n) is 10.9. The van der Waals surface area contributed by atoms with Crippen LogP contribution in [-0.2, 0) is 16.1 Å². The fraction of sp³-hybridized carbons (Fsp3) is 0.417. The lowest BCUT2D eigenvalue weighted by atomic mass is 10.1. The van der Waals surface area contributed by atoms with E-state index >= 15 is 0 Å². The van der Waals surface area contributed by atoms with Gasteiger partial charge in [0.1, 0.15) is 13.1 Å². The van der Waals surface area contributed by atoms with Gasteiger partial charge in [0.2, 0.25) is 5.91 Å². The number of morpholine rings is 1. The van der Waals surface area contributed by atoms with E-state index in [-0.39, 0.29) is 11.8 Å². The number of amides is 2. The fourth-order valence-corrected chi connectivity index (χ4v) is 4.94. The second-order valence-corrected chi connectivity index (χ2v) is 9.12. The highest BCUT2D eigenvalue weighted by molar-refractivity contribution is 8.00. The number of nitrogens with zero attached hydrogens (tertiary/aromatic N) is 1. The molecule has 2 aromatic rings. The lowest BCUT2D eigenvalue weighted by Gasteiger charge is -2.30. The van der Waals surface area contributed by atoms with Crippen molar-refractivity contribution in [2.24, 2.45) is 0 Å². The van der Waals surface area contributed by atoms with Crippen molar-refractivity contribution in [2.45, 2.75) is 24.8 Å². The average Bonchev–Trinajstić information content (AvgIpc) is 2.80. The van der Waals surface area contributed by atoms with Crippen molar-refractivity contribution in [3.05, 3.63) is 59.2 Å². The van der Waals surface area contributed by atoms with Crippen LogP contribution in [0.25, 0.3) is 0 Å². The number of thioether (sulfide) groups is 1. The van der Waals surface area contributed by atoms with Gasteiger partial charge in [0.15, 0.2) is 0 Å². The maximum Gasteiger partial charge on any atom is 0.251 e. The van der Waals surface area contributed by atoms with E-state index in [1.165, 1.54) is 16.7 Å². The summed E-state index contributed by atoms with van der Waals surface area (Å²) in [6.45, 7) is 8.01. The molecule has 0 radical (unpaired) electrons. The molecule has 6 nitrogen and oxygen atoms in total. The summed E-state index contributed by atoms with van der Waals surface area (Å²) in [5.74, 6) is 0.416. The molecule has 7 heteroatoms. The zero-order valence-electron chi connectivity index (χ0n) is 18.0. The third-order valence-corrected chi connectivity index (χ3v) is 6.99. The third kappa shape index (κ3) is 5.47. The Kier molecular flexibility index (Phi) is 7.27. The Labute approximate surface area is 187 Å². The van der Waals surface area contributed by atoms with Gasteiger partial charge in [-0.15, -0.1) is 11.8 Å². The molecule has 2 N–H and O–H groups in total. The standard InChI is InChI=1S/C24H29N3O3S/c1-18-5-2-3-6-20(18)16-27-21-15-19(7-8-22(21)31-17-23(27)28)24(29)25-9-4-10-26-11-13-30-14-12-26/h2-3,5-8,15H,4,9-14,16-17H2,1H3,(H,25,29)/p+1. The van der Waals surface area contributed by atoms with Gasteiger partial charge in [-0.25, -0.2) is 0 Å². The second-order valence-electron chi connectivity index (χ2n) is 8.10. The Bertz CT molecular complexity index is 943. The Morgan fingerprint density at radius 3 is 2.81 bits per heavy atom. The van der Waals surface area contributed by atoms with Gasteiger partial charge in [-0.05, 0) is 36.2 Å². The topological polar surface area (TPSA) is 63.1 Å². The highest BCUT2D eigenvalue weighted by atomic mass is 32.2. The van der Waals surface area contributed by atoms with E-state index < -0.39 is 0 Å². The summed E-state index contributed by atoms with van der Waals surface area (Å²) in [5, 5.41) is 3.04. The van der Waals surface area contributed by atoms with Gasteiger partial charge in [0.05, 0.1) is 37.7 Å². The van der Waals surface area contributed by atoms with Gasteiger partial charge < -0.3 is 19.9 Å². The van der Waals surface area contributed by atoms with Gasteiger partial charge in [0, 0.05) is 23.4 Å². The van der Waals surface area contributed by atoms with Gasteiger partial charge >= 0.3 is 0 Å². The zero-order valence-corrected chi connectivity index (χ0v) is 18.8. The first-order valence-corrected chi connectivity index (χ1v) is 11.9. The monoisotopic (exact) mass is 440 g/mol. The minimum atomic E-state index is -0.0846. The van der Waals surface area contributed by atoms with Crippen molar-refractivity contribution in [3.63, 3.8) is 0 Å². The van der Waals surface area contributed by atoms with Crippen molar-refractivity contribution in [2.75, 3.05) is 50.0 Å². The SMILES string of the molecule is Cc1ccccc1CN1C(=O)CSc2ccc(C(=O)NCCC[NH+]3CCOCC3)cc21. The molecule has 2 heterocycles. The minimum Gasteiger partial charge on any atom is -0.370 e. The maximum absolute atomic E-state index is 12.7. The van der Waals surface area contributed by atoms with E-state index in [1.807, 2.05) is 35.2 Å². The number of benzene rings is 2. The number of aryl methyl sites for hydroxylation is 1. The number of anilines is 1. The molecule has 1 fully saturated rings. The van der Waals surface area contributed by atoms with Crippen LogP contribution in [0.15, 0.2) is 47.4 Å². The number of hydrogen-bond donors (Lipinski definition) is 2. The van der Waals surface area contributed by atoms with E-state index in [1.54, 1.807) is 0 Å². The van der Waals surface area contributed by atoms with Crippen molar-refractivity contribution in [1.29, 1.82) is 0 Å². The first-order chi connectivity index (χ1) is 15.1. The molecule has 0 aliphatic carbocycles. The van der Waals surface area contributed by atoms with Crippen LogP contribution in [0.3, 0.4) is 0 Å². The molecule has 1 saturated heterocycles. The fourth-order valence-electron chi connectivity index (χ4n) is 4.03. The summed E-state index contributed by atoms with van der Waals surface area (Å²) in [7, 11) is 0. The largest absolute Gasteiger partial charge is 0.370 e. The molecule has 0 aromatic heterocycles. The molecular weight excluding hydrogens is 410 g/mol. The quantitative estimate of drug-likeness (QED) is 0.643. The Balaban J connectivity index is 1.41. The number of ether oxygens (including phenoxy) is 1. The lowest BCUT2D eigenvalue weighted by Crippen LogP contribution is -3.14. The summed E-state index contributed by atoms with van der Waals surface area (Å²) in [6.07, 6.45) is 0.944. The number of hydrogen-bond acceptors (Lipinski definition) is 4. The minimum absolute atomic E-state index is 0.0757. The van der Waals surface area contributed by atoms with Crippen molar-refractivity contribution in [3.8, 4) is 0 Å². The summed E-state index contributed by atoms with van der Waals surface area (Å²) >= 11 is 1.54. The molecule has 0 unspecified atom stereocenters. The molecule has 0 spiro atoms. The molecule has 2 aromatic carbocycles. The highest BCUT2D eigenvalue weighted by Gasteiger charge is 2.26.